The first kappa shape index (κ1) is 19.0. The Balaban J connectivity index is 1.40. The fourth-order valence-electron chi connectivity index (χ4n) is 3.75. The topological polar surface area (TPSA) is 46.6 Å². The van der Waals surface area contributed by atoms with Crippen LogP contribution < -0.4 is 4.74 Å². The fraction of sp³-hybridized carbons (Fsp3) is 0.273. The van der Waals surface area contributed by atoms with Gasteiger partial charge in [0.25, 0.3) is 0 Å². The summed E-state index contributed by atoms with van der Waals surface area (Å²) in [4.78, 5) is 26.8. The van der Waals surface area contributed by atoms with Gasteiger partial charge in [0.2, 0.25) is 5.91 Å². The van der Waals surface area contributed by atoms with Crippen molar-refractivity contribution in [3.63, 3.8) is 0 Å². The molecule has 2 heterocycles. The van der Waals surface area contributed by atoms with Gasteiger partial charge in [0.1, 0.15) is 11.4 Å². The van der Waals surface area contributed by atoms with Gasteiger partial charge in [-0.05, 0) is 35.9 Å². The van der Waals surface area contributed by atoms with Crippen LogP contribution in [0.4, 0.5) is 0 Å². The van der Waals surface area contributed by atoms with E-state index in [1.807, 2.05) is 24.3 Å². The zero-order chi connectivity index (χ0) is 19.7. The van der Waals surface area contributed by atoms with Crippen LogP contribution in [0, 0.1) is 0 Å². The van der Waals surface area contributed by atoms with Crippen molar-refractivity contribution in [1.29, 1.82) is 0 Å². The molecule has 0 aromatic heterocycles. The van der Waals surface area contributed by atoms with Crippen LogP contribution in [0.2, 0.25) is 10.0 Å². The maximum absolute atomic E-state index is 12.5. The standard InChI is InChI=1S/C22H19Cl2NO3/c23-17-7-5-15(13-18(17)24)6-8-21(27)25-11-9-22(10-12-25)14-19(26)16-3-1-2-4-20(16)28-22/h1-8,13H,9-12,14H2/b8-6+. The van der Waals surface area contributed by atoms with Crippen molar-refractivity contribution in [2.45, 2.75) is 24.9 Å². The normalized spacial score (nSPS) is 18.2. The highest BCUT2D eigenvalue weighted by atomic mass is 35.5. The van der Waals surface area contributed by atoms with Crippen LogP contribution in [0.3, 0.4) is 0 Å². The number of hydrogen-bond acceptors (Lipinski definition) is 3. The molecule has 2 aromatic rings. The summed E-state index contributed by atoms with van der Waals surface area (Å²) in [6, 6.07) is 12.6. The van der Waals surface area contributed by atoms with Crippen LogP contribution in [-0.2, 0) is 4.79 Å². The molecule has 1 amide bonds. The minimum Gasteiger partial charge on any atom is -0.486 e. The molecule has 0 saturated carbocycles. The molecule has 28 heavy (non-hydrogen) atoms. The monoisotopic (exact) mass is 415 g/mol. The molecule has 0 aliphatic carbocycles. The molecule has 4 nitrogen and oxygen atoms in total. The van der Waals surface area contributed by atoms with E-state index in [9.17, 15) is 9.59 Å². The predicted molar refractivity (Wildman–Crippen MR) is 110 cm³/mol. The first-order valence-electron chi connectivity index (χ1n) is 9.19. The van der Waals surface area contributed by atoms with E-state index in [0.717, 1.165) is 5.56 Å². The van der Waals surface area contributed by atoms with E-state index in [1.165, 1.54) is 0 Å². The number of benzene rings is 2. The number of carbonyl (C=O) groups excluding carboxylic acids is 2. The second-order valence-electron chi connectivity index (χ2n) is 7.21. The molecule has 4 rings (SSSR count). The fourth-order valence-corrected chi connectivity index (χ4v) is 4.05. The van der Waals surface area contributed by atoms with Gasteiger partial charge in [-0.25, -0.2) is 0 Å². The van der Waals surface area contributed by atoms with E-state index in [1.54, 1.807) is 35.3 Å². The van der Waals surface area contributed by atoms with Crippen LogP contribution in [0.25, 0.3) is 6.08 Å². The van der Waals surface area contributed by atoms with E-state index >= 15 is 0 Å². The number of carbonyl (C=O) groups is 2. The summed E-state index contributed by atoms with van der Waals surface area (Å²) in [5.74, 6) is 0.697. The summed E-state index contributed by atoms with van der Waals surface area (Å²) in [5, 5.41) is 0.936. The van der Waals surface area contributed by atoms with E-state index in [0.29, 0.717) is 53.7 Å². The molecule has 0 radical (unpaired) electrons. The largest absolute Gasteiger partial charge is 0.486 e. The molecule has 0 unspecified atom stereocenters. The molecular weight excluding hydrogens is 397 g/mol. The maximum atomic E-state index is 12.5. The number of halogens is 2. The van der Waals surface area contributed by atoms with Crippen LogP contribution >= 0.6 is 23.2 Å². The van der Waals surface area contributed by atoms with Crippen LogP contribution in [-0.4, -0.2) is 35.3 Å². The van der Waals surface area contributed by atoms with Crippen molar-refractivity contribution < 1.29 is 14.3 Å². The van der Waals surface area contributed by atoms with Gasteiger partial charge in [0, 0.05) is 32.0 Å². The summed E-state index contributed by atoms with van der Waals surface area (Å²) < 4.78 is 6.21. The number of ketones is 1. The molecule has 144 valence electrons. The quantitative estimate of drug-likeness (QED) is 0.645. The number of ether oxygens (including phenoxy) is 1. The molecule has 0 bridgehead atoms. The zero-order valence-corrected chi connectivity index (χ0v) is 16.7. The summed E-state index contributed by atoms with van der Waals surface area (Å²) >= 11 is 11.9. The average molecular weight is 416 g/mol. The Kier molecular flexibility index (Phi) is 5.17. The third-order valence-corrected chi connectivity index (χ3v) is 6.08. The number of para-hydroxylation sites is 1. The summed E-state index contributed by atoms with van der Waals surface area (Å²) in [7, 11) is 0. The number of fused-ring (bicyclic) bond motifs is 1. The van der Waals surface area contributed by atoms with E-state index in [2.05, 4.69) is 0 Å². The lowest BCUT2D eigenvalue weighted by molar-refractivity contribution is -0.129. The third kappa shape index (κ3) is 3.80. The Morgan fingerprint density at radius 2 is 1.82 bits per heavy atom. The van der Waals surface area contributed by atoms with Gasteiger partial charge in [0.15, 0.2) is 5.78 Å². The van der Waals surface area contributed by atoms with E-state index in [-0.39, 0.29) is 11.7 Å². The van der Waals surface area contributed by atoms with Crippen LogP contribution in [0.5, 0.6) is 5.75 Å². The molecular formula is C22H19Cl2NO3. The molecule has 0 atom stereocenters. The zero-order valence-electron chi connectivity index (χ0n) is 15.2. The molecule has 2 aliphatic heterocycles. The number of likely N-dealkylation sites (tertiary alicyclic amines) is 1. The van der Waals surface area contributed by atoms with Crippen LogP contribution in [0.1, 0.15) is 35.2 Å². The Bertz CT molecular complexity index is 962. The van der Waals surface area contributed by atoms with Crippen molar-refractivity contribution >= 4 is 41.0 Å². The molecule has 1 spiro atoms. The summed E-state index contributed by atoms with van der Waals surface area (Å²) in [6.45, 7) is 1.11. The van der Waals surface area contributed by atoms with Gasteiger partial charge in [-0.1, -0.05) is 41.4 Å². The second kappa shape index (κ2) is 7.61. The Hall–Kier alpha value is -2.30. The van der Waals surface area contributed by atoms with Crippen molar-refractivity contribution in [1.82, 2.24) is 4.90 Å². The first-order chi connectivity index (χ1) is 13.5. The number of amides is 1. The number of hydrogen-bond donors (Lipinski definition) is 0. The average Bonchev–Trinajstić information content (AvgIpc) is 2.69. The Labute approximate surface area is 173 Å². The minimum atomic E-state index is -0.504. The Morgan fingerprint density at radius 3 is 2.57 bits per heavy atom. The van der Waals surface area contributed by atoms with E-state index < -0.39 is 5.60 Å². The maximum Gasteiger partial charge on any atom is 0.246 e. The second-order valence-corrected chi connectivity index (χ2v) is 8.03. The number of nitrogens with zero attached hydrogens (tertiary/aromatic N) is 1. The lowest BCUT2D eigenvalue weighted by atomic mass is 9.82. The molecule has 1 fully saturated rings. The van der Waals surface area contributed by atoms with Gasteiger partial charge >= 0.3 is 0 Å². The van der Waals surface area contributed by atoms with Crippen molar-refractivity contribution in [3.05, 3.63) is 69.7 Å². The highest BCUT2D eigenvalue weighted by molar-refractivity contribution is 6.42. The van der Waals surface area contributed by atoms with Crippen LogP contribution in [0.15, 0.2) is 48.5 Å². The molecule has 6 heteroatoms. The van der Waals surface area contributed by atoms with Crippen molar-refractivity contribution in [3.8, 4) is 5.75 Å². The molecule has 0 N–H and O–H groups in total. The molecule has 2 aromatic carbocycles. The van der Waals surface area contributed by atoms with Crippen molar-refractivity contribution in [2.75, 3.05) is 13.1 Å². The van der Waals surface area contributed by atoms with E-state index in [4.69, 9.17) is 27.9 Å². The van der Waals surface area contributed by atoms with Gasteiger partial charge in [-0.15, -0.1) is 0 Å². The smallest absolute Gasteiger partial charge is 0.246 e. The highest BCUT2D eigenvalue weighted by Crippen LogP contribution is 2.39. The minimum absolute atomic E-state index is 0.0662. The first-order valence-corrected chi connectivity index (χ1v) is 9.95. The van der Waals surface area contributed by atoms with Gasteiger partial charge in [0.05, 0.1) is 22.0 Å². The summed E-state index contributed by atoms with van der Waals surface area (Å²) in [5.41, 5.74) is 0.959. The summed E-state index contributed by atoms with van der Waals surface area (Å²) in [6.07, 6.45) is 4.91. The molecule has 2 aliphatic rings. The predicted octanol–water partition coefficient (Wildman–Crippen LogP) is 5.03. The van der Waals surface area contributed by atoms with Gasteiger partial charge in [-0.3, -0.25) is 9.59 Å². The Morgan fingerprint density at radius 1 is 1.07 bits per heavy atom. The number of rotatable bonds is 2. The lowest BCUT2D eigenvalue weighted by Crippen LogP contribution is -2.52. The lowest BCUT2D eigenvalue weighted by Gasteiger charge is -2.43. The van der Waals surface area contributed by atoms with Gasteiger partial charge in [-0.2, -0.15) is 0 Å². The number of Topliss-reactive ketones (excluding diaryl/α,β-unsaturated/α-hetero) is 1. The van der Waals surface area contributed by atoms with Gasteiger partial charge < -0.3 is 9.64 Å². The molecule has 1 saturated heterocycles. The SMILES string of the molecule is O=C1CC2(CCN(C(=O)/C=C/c3ccc(Cl)c(Cl)c3)CC2)Oc2ccccc21. The third-order valence-electron chi connectivity index (χ3n) is 5.35. The highest BCUT2D eigenvalue weighted by Gasteiger charge is 2.43. The number of piperidine rings is 1. The van der Waals surface area contributed by atoms with Crippen molar-refractivity contribution in [2.24, 2.45) is 0 Å².